The second-order valence-electron chi connectivity index (χ2n) is 12.7. The molecular weight excluding hydrogens is 384 g/mol. The van der Waals surface area contributed by atoms with E-state index in [1.54, 1.807) is 0 Å². The molecule has 4 saturated carbocycles. The molecule has 0 unspecified atom stereocenters. The van der Waals surface area contributed by atoms with Gasteiger partial charge in [-0.25, -0.2) is 0 Å². The summed E-state index contributed by atoms with van der Waals surface area (Å²) in [7, 11) is 0. The summed E-state index contributed by atoms with van der Waals surface area (Å²) in [4.78, 5) is 0. The minimum atomic E-state index is 0.900. The van der Waals surface area contributed by atoms with E-state index in [2.05, 4.69) is 38.2 Å². The van der Waals surface area contributed by atoms with Crippen LogP contribution in [0.25, 0.3) is 0 Å². The molecule has 0 aliphatic heterocycles. The van der Waals surface area contributed by atoms with Crippen molar-refractivity contribution in [3.05, 3.63) is 24.3 Å². The second-order valence-corrected chi connectivity index (χ2v) is 12.7. The topological polar surface area (TPSA) is 0 Å². The van der Waals surface area contributed by atoms with Gasteiger partial charge in [-0.05, 0) is 137 Å². The molecule has 0 aromatic carbocycles. The molecule has 0 radical (unpaired) electrons. The summed E-state index contributed by atoms with van der Waals surface area (Å²) in [5.41, 5.74) is 0. The maximum absolute atomic E-state index is 2.66. The fourth-order valence-corrected chi connectivity index (χ4v) is 7.80. The first-order valence-corrected chi connectivity index (χ1v) is 15.1. The molecule has 4 aliphatic carbocycles. The number of rotatable bonds is 7. The van der Waals surface area contributed by atoms with Crippen molar-refractivity contribution < 1.29 is 0 Å². The molecule has 182 valence electrons. The van der Waals surface area contributed by atoms with Gasteiger partial charge in [-0.3, -0.25) is 0 Å². The Balaban J connectivity index is 1.11. The summed E-state index contributed by atoms with van der Waals surface area (Å²) >= 11 is 0. The SMILES string of the molecule is CCCC1CCC(/C=C/C2CCC(C3CCC(/C=C/C4CCC(C)CC4)CC3)CC2)CC1. The van der Waals surface area contributed by atoms with E-state index in [4.69, 9.17) is 0 Å². The minimum absolute atomic E-state index is 0.900. The van der Waals surface area contributed by atoms with E-state index in [-0.39, 0.29) is 0 Å². The third-order valence-electron chi connectivity index (χ3n) is 10.3. The zero-order valence-corrected chi connectivity index (χ0v) is 21.7. The molecule has 0 aromatic rings. The van der Waals surface area contributed by atoms with Crippen molar-refractivity contribution in [2.75, 3.05) is 0 Å². The number of hydrogen-bond acceptors (Lipinski definition) is 0. The van der Waals surface area contributed by atoms with Gasteiger partial charge in [-0.1, -0.05) is 63.8 Å². The highest BCUT2D eigenvalue weighted by Crippen LogP contribution is 2.42. The first-order valence-electron chi connectivity index (χ1n) is 15.1. The van der Waals surface area contributed by atoms with Gasteiger partial charge in [-0.2, -0.15) is 0 Å². The van der Waals surface area contributed by atoms with Gasteiger partial charge in [0.25, 0.3) is 0 Å². The summed E-state index contributed by atoms with van der Waals surface area (Å²) in [5, 5.41) is 0. The highest BCUT2D eigenvalue weighted by Gasteiger charge is 2.30. The lowest BCUT2D eigenvalue weighted by Gasteiger charge is -2.37. The van der Waals surface area contributed by atoms with Crippen molar-refractivity contribution in [1.29, 1.82) is 0 Å². The predicted molar refractivity (Wildman–Crippen MR) is 141 cm³/mol. The summed E-state index contributed by atoms with van der Waals surface area (Å²) in [5.74, 6) is 7.73. The molecule has 0 saturated heterocycles. The molecule has 0 bridgehead atoms. The van der Waals surface area contributed by atoms with Crippen molar-refractivity contribution >= 4 is 0 Å². The van der Waals surface area contributed by atoms with Gasteiger partial charge in [0, 0.05) is 0 Å². The Morgan fingerprint density at radius 2 is 0.812 bits per heavy atom. The maximum Gasteiger partial charge on any atom is -0.0233 e. The highest BCUT2D eigenvalue weighted by molar-refractivity contribution is 4.99. The van der Waals surface area contributed by atoms with Crippen LogP contribution in [0.3, 0.4) is 0 Å². The van der Waals surface area contributed by atoms with Crippen LogP contribution in [0.5, 0.6) is 0 Å². The van der Waals surface area contributed by atoms with E-state index >= 15 is 0 Å². The smallest absolute Gasteiger partial charge is 0.0233 e. The highest BCUT2D eigenvalue weighted by atomic mass is 14.4. The van der Waals surface area contributed by atoms with Crippen LogP contribution in [0, 0.1) is 47.3 Å². The molecule has 0 nitrogen and oxygen atoms in total. The van der Waals surface area contributed by atoms with Crippen molar-refractivity contribution in [2.45, 2.75) is 129 Å². The van der Waals surface area contributed by atoms with Crippen LogP contribution in [0.1, 0.15) is 129 Å². The number of allylic oxidation sites excluding steroid dienone is 4. The Hall–Kier alpha value is -0.520. The predicted octanol–water partition coefficient (Wildman–Crippen LogP) is 10.1. The second kappa shape index (κ2) is 12.8. The molecule has 0 heteroatoms. The zero-order chi connectivity index (χ0) is 22.2. The van der Waals surface area contributed by atoms with E-state index in [1.165, 1.54) is 116 Å². The van der Waals surface area contributed by atoms with Gasteiger partial charge in [0.1, 0.15) is 0 Å². The maximum atomic E-state index is 2.66. The van der Waals surface area contributed by atoms with Crippen LogP contribution in [0.2, 0.25) is 0 Å². The molecule has 0 amide bonds. The lowest BCUT2D eigenvalue weighted by atomic mass is 9.69. The van der Waals surface area contributed by atoms with E-state index in [9.17, 15) is 0 Å². The van der Waals surface area contributed by atoms with Crippen LogP contribution in [-0.4, -0.2) is 0 Å². The van der Waals surface area contributed by atoms with Gasteiger partial charge in [-0.15, -0.1) is 0 Å². The third kappa shape index (κ3) is 7.50. The average molecular weight is 439 g/mol. The fraction of sp³-hybridized carbons (Fsp3) is 0.875. The Morgan fingerprint density at radius 1 is 0.469 bits per heavy atom. The number of hydrogen-bond donors (Lipinski definition) is 0. The molecular formula is C32H54. The molecule has 32 heavy (non-hydrogen) atoms. The van der Waals surface area contributed by atoms with Gasteiger partial charge in [0.05, 0.1) is 0 Å². The minimum Gasteiger partial charge on any atom is -0.0851 e. The van der Waals surface area contributed by atoms with Gasteiger partial charge < -0.3 is 0 Å². The Labute approximate surface area is 201 Å². The van der Waals surface area contributed by atoms with Gasteiger partial charge in [0.15, 0.2) is 0 Å². The molecule has 4 rings (SSSR count). The molecule has 0 N–H and O–H groups in total. The Morgan fingerprint density at radius 3 is 1.19 bits per heavy atom. The molecule has 0 spiro atoms. The van der Waals surface area contributed by atoms with Crippen molar-refractivity contribution in [1.82, 2.24) is 0 Å². The summed E-state index contributed by atoms with van der Waals surface area (Å²) < 4.78 is 0. The largest absolute Gasteiger partial charge is 0.0851 e. The van der Waals surface area contributed by atoms with Crippen LogP contribution >= 0.6 is 0 Å². The van der Waals surface area contributed by atoms with Crippen LogP contribution in [0.4, 0.5) is 0 Å². The van der Waals surface area contributed by atoms with Crippen molar-refractivity contribution in [2.24, 2.45) is 47.3 Å². The molecule has 4 fully saturated rings. The van der Waals surface area contributed by atoms with Crippen LogP contribution in [0.15, 0.2) is 24.3 Å². The molecule has 0 aromatic heterocycles. The normalized spacial score (nSPS) is 41.9. The summed E-state index contributed by atoms with van der Waals surface area (Å²) in [6.07, 6.45) is 37.2. The first kappa shape index (κ1) is 24.6. The molecule has 0 heterocycles. The van der Waals surface area contributed by atoms with Crippen molar-refractivity contribution in [3.8, 4) is 0 Å². The lowest BCUT2D eigenvalue weighted by molar-refractivity contribution is 0.166. The van der Waals surface area contributed by atoms with E-state index < -0.39 is 0 Å². The third-order valence-corrected chi connectivity index (χ3v) is 10.3. The van der Waals surface area contributed by atoms with Gasteiger partial charge >= 0.3 is 0 Å². The summed E-state index contributed by atoms with van der Waals surface area (Å²) in [6, 6.07) is 0. The fourth-order valence-electron chi connectivity index (χ4n) is 7.80. The van der Waals surface area contributed by atoms with Crippen LogP contribution in [-0.2, 0) is 0 Å². The first-order chi connectivity index (χ1) is 15.7. The lowest BCUT2D eigenvalue weighted by Crippen LogP contribution is -2.25. The van der Waals surface area contributed by atoms with E-state index in [0.717, 1.165) is 47.3 Å². The standard InChI is InChI=1S/C32H54/c1-3-4-26-9-11-28(12-10-26)14-16-30-19-23-32(24-20-30)31-21-17-29(18-22-31)15-13-27-7-5-25(2)6-8-27/h13-16,25-32H,3-12,17-24H2,1-2H3/b15-13+,16-14+. The monoisotopic (exact) mass is 438 g/mol. The molecule has 0 atom stereocenters. The molecule has 4 aliphatic rings. The van der Waals surface area contributed by atoms with Gasteiger partial charge in [0.2, 0.25) is 0 Å². The zero-order valence-electron chi connectivity index (χ0n) is 21.7. The van der Waals surface area contributed by atoms with Crippen molar-refractivity contribution in [3.63, 3.8) is 0 Å². The average Bonchev–Trinajstić information content (AvgIpc) is 2.84. The van der Waals surface area contributed by atoms with Crippen LogP contribution < -0.4 is 0 Å². The van der Waals surface area contributed by atoms with E-state index in [1.807, 2.05) is 0 Å². The quantitative estimate of drug-likeness (QED) is 0.347. The Kier molecular flexibility index (Phi) is 9.84. The summed E-state index contributed by atoms with van der Waals surface area (Å²) in [6.45, 7) is 4.79. The Bertz CT molecular complexity index is 553. The van der Waals surface area contributed by atoms with E-state index in [0.29, 0.717) is 0 Å².